The van der Waals surface area contributed by atoms with Crippen molar-refractivity contribution in [1.29, 1.82) is 0 Å². The Kier molecular flexibility index (Phi) is 43.4. The molecule has 310 valence electrons. The van der Waals surface area contributed by atoms with Crippen molar-refractivity contribution < 1.29 is 24.2 Å². The molecular weight excluding hydrogens is 645 g/mol. The number of aliphatic hydroxyl groups is 1. The van der Waals surface area contributed by atoms with Crippen molar-refractivity contribution in [3.05, 3.63) is 0 Å². The van der Waals surface area contributed by atoms with Crippen LogP contribution in [-0.2, 0) is 19.1 Å². The zero-order valence-electron chi connectivity index (χ0n) is 35.4. The van der Waals surface area contributed by atoms with Crippen molar-refractivity contribution in [2.75, 3.05) is 13.2 Å². The normalized spacial score (nSPS) is 12.0. The number of ether oxygens (including phenoxy) is 2. The van der Waals surface area contributed by atoms with Gasteiger partial charge in [0.1, 0.15) is 6.61 Å². The van der Waals surface area contributed by atoms with Crippen LogP contribution in [0.2, 0.25) is 0 Å². The van der Waals surface area contributed by atoms with Crippen LogP contribution >= 0.6 is 0 Å². The molecule has 0 aromatic rings. The molecule has 5 heteroatoms. The van der Waals surface area contributed by atoms with Crippen molar-refractivity contribution in [3.63, 3.8) is 0 Å². The van der Waals surface area contributed by atoms with Crippen LogP contribution in [0.5, 0.6) is 0 Å². The van der Waals surface area contributed by atoms with E-state index in [0.29, 0.717) is 12.8 Å². The van der Waals surface area contributed by atoms with Crippen LogP contribution in [0.25, 0.3) is 0 Å². The quantitative estimate of drug-likeness (QED) is 0.0498. The first-order valence-corrected chi connectivity index (χ1v) is 23.6. The fraction of sp³-hybridized carbons (Fsp3) is 0.957. The van der Waals surface area contributed by atoms with Crippen LogP contribution in [0.1, 0.15) is 271 Å². The molecule has 0 heterocycles. The van der Waals surface area contributed by atoms with E-state index in [2.05, 4.69) is 13.8 Å². The van der Waals surface area contributed by atoms with Crippen LogP contribution in [-0.4, -0.2) is 36.4 Å². The standard InChI is InChI=1S/C47H92O5/c1-3-5-7-9-11-13-15-16-17-18-19-20-21-22-23-24-25-26-27-28-29-30-32-34-36-38-40-42-47(50)52-45(43-48)44-51-46(49)41-39-37-35-33-31-14-12-10-8-6-4-2/h45,48H,3-44H2,1-2H3. The molecule has 0 saturated carbocycles. The van der Waals surface area contributed by atoms with E-state index in [0.717, 1.165) is 32.1 Å². The number of hydrogen-bond donors (Lipinski definition) is 1. The zero-order chi connectivity index (χ0) is 37.8. The minimum atomic E-state index is -0.761. The maximum absolute atomic E-state index is 12.2. The van der Waals surface area contributed by atoms with Gasteiger partial charge in [0.15, 0.2) is 6.10 Å². The highest BCUT2D eigenvalue weighted by Crippen LogP contribution is 2.17. The van der Waals surface area contributed by atoms with Gasteiger partial charge in [-0.2, -0.15) is 0 Å². The first-order valence-electron chi connectivity index (χ1n) is 23.6. The Morgan fingerprint density at radius 3 is 0.846 bits per heavy atom. The maximum atomic E-state index is 12.2. The Balaban J connectivity index is 3.38. The molecule has 0 saturated heterocycles. The summed E-state index contributed by atoms with van der Waals surface area (Å²) in [4.78, 5) is 24.3. The fourth-order valence-electron chi connectivity index (χ4n) is 7.32. The van der Waals surface area contributed by atoms with Crippen molar-refractivity contribution in [3.8, 4) is 0 Å². The molecule has 0 aromatic heterocycles. The van der Waals surface area contributed by atoms with Gasteiger partial charge in [0.05, 0.1) is 6.61 Å². The number of carbonyl (C=O) groups excluding carboxylic acids is 2. The molecule has 0 aromatic carbocycles. The van der Waals surface area contributed by atoms with Gasteiger partial charge in [-0.15, -0.1) is 0 Å². The summed E-state index contributed by atoms with van der Waals surface area (Å²) in [5.41, 5.74) is 0. The molecule has 0 spiro atoms. The van der Waals surface area contributed by atoms with E-state index >= 15 is 0 Å². The van der Waals surface area contributed by atoms with Crippen molar-refractivity contribution in [2.45, 2.75) is 277 Å². The van der Waals surface area contributed by atoms with Crippen molar-refractivity contribution in [1.82, 2.24) is 0 Å². The SMILES string of the molecule is CCCCCCCCCCCCCCCCCCCCCCCCCCCCCC(=O)OC(CO)COC(=O)CCCCCCCCCCCCC. The van der Waals surface area contributed by atoms with E-state index in [-0.39, 0.29) is 25.2 Å². The highest BCUT2D eigenvalue weighted by atomic mass is 16.6. The Bertz CT molecular complexity index is 710. The molecule has 1 unspecified atom stereocenters. The fourth-order valence-corrected chi connectivity index (χ4v) is 7.32. The second-order valence-electron chi connectivity index (χ2n) is 16.2. The number of carbonyl (C=O) groups is 2. The molecule has 0 bridgehead atoms. The molecule has 0 rings (SSSR count). The second-order valence-corrected chi connectivity index (χ2v) is 16.2. The number of unbranched alkanes of at least 4 members (excludes halogenated alkanes) is 36. The van der Waals surface area contributed by atoms with Crippen LogP contribution in [0.15, 0.2) is 0 Å². The van der Waals surface area contributed by atoms with E-state index in [1.54, 1.807) is 0 Å². The summed E-state index contributed by atoms with van der Waals surface area (Å²) in [6, 6.07) is 0. The van der Waals surface area contributed by atoms with E-state index in [1.165, 1.54) is 212 Å². The van der Waals surface area contributed by atoms with Crippen LogP contribution in [0.3, 0.4) is 0 Å². The van der Waals surface area contributed by atoms with E-state index in [9.17, 15) is 14.7 Å². The molecule has 5 nitrogen and oxygen atoms in total. The molecular formula is C47H92O5. The van der Waals surface area contributed by atoms with Crippen molar-refractivity contribution in [2.24, 2.45) is 0 Å². The first kappa shape index (κ1) is 50.9. The predicted molar refractivity (Wildman–Crippen MR) is 224 cm³/mol. The monoisotopic (exact) mass is 737 g/mol. The van der Waals surface area contributed by atoms with Crippen LogP contribution in [0.4, 0.5) is 0 Å². The van der Waals surface area contributed by atoms with Gasteiger partial charge in [-0.05, 0) is 12.8 Å². The van der Waals surface area contributed by atoms with Gasteiger partial charge < -0.3 is 14.6 Å². The molecule has 52 heavy (non-hydrogen) atoms. The average Bonchev–Trinajstić information content (AvgIpc) is 3.15. The maximum Gasteiger partial charge on any atom is 0.306 e. The summed E-state index contributed by atoms with van der Waals surface area (Å²) in [6.45, 7) is 4.17. The molecule has 0 aliphatic heterocycles. The van der Waals surface area contributed by atoms with Gasteiger partial charge in [0.2, 0.25) is 0 Å². The van der Waals surface area contributed by atoms with Gasteiger partial charge in [-0.25, -0.2) is 0 Å². The highest BCUT2D eigenvalue weighted by Gasteiger charge is 2.16. The molecule has 1 atom stereocenters. The number of hydrogen-bond acceptors (Lipinski definition) is 5. The minimum Gasteiger partial charge on any atom is -0.462 e. The molecule has 0 amide bonds. The van der Waals surface area contributed by atoms with Gasteiger partial charge in [-0.3, -0.25) is 9.59 Å². The molecule has 0 aliphatic rings. The van der Waals surface area contributed by atoms with E-state index < -0.39 is 6.10 Å². The molecule has 0 fully saturated rings. The minimum absolute atomic E-state index is 0.0569. The Morgan fingerprint density at radius 2 is 0.596 bits per heavy atom. The molecule has 1 N–H and O–H groups in total. The number of rotatable bonds is 44. The smallest absolute Gasteiger partial charge is 0.306 e. The lowest BCUT2D eigenvalue weighted by Gasteiger charge is -2.15. The lowest BCUT2D eigenvalue weighted by atomic mass is 10.0. The third-order valence-corrected chi connectivity index (χ3v) is 10.9. The average molecular weight is 737 g/mol. The van der Waals surface area contributed by atoms with Crippen LogP contribution < -0.4 is 0 Å². The summed E-state index contributed by atoms with van der Waals surface area (Å²) in [6.07, 6.45) is 50.6. The summed E-state index contributed by atoms with van der Waals surface area (Å²) in [5.74, 6) is -0.573. The van der Waals surface area contributed by atoms with Crippen LogP contribution in [0, 0.1) is 0 Å². The Hall–Kier alpha value is -1.10. The van der Waals surface area contributed by atoms with E-state index in [1.807, 2.05) is 0 Å². The first-order chi connectivity index (χ1) is 25.6. The molecule has 0 radical (unpaired) electrons. The number of esters is 2. The number of aliphatic hydroxyl groups excluding tert-OH is 1. The van der Waals surface area contributed by atoms with E-state index in [4.69, 9.17) is 9.47 Å². The largest absolute Gasteiger partial charge is 0.462 e. The summed E-state index contributed by atoms with van der Waals surface area (Å²) in [5, 5.41) is 9.57. The lowest BCUT2D eigenvalue weighted by molar-refractivity contribution is -0.161. The summed E-state index contributed by atoms with van der Waals surface area (Å²) < 4.78 is 10.6. The Labute approximate surface area is 325 Å². The van der Waals surface area contributed by atoms with Gasteiger partial charge in [-0.1, -0.05) is 245 Å². The second kappa shape index (κ2) is 44.3. The Morgan fingerprint density at radius 1 is 0.365 bits per heavy atom. The summed E-state index contributed by atoms with van der Waals surface area (Å²) in [7, 11) is 0. The summed E-state index contributed by atoms with van der Waals surface area (Å²) >= 11 is 0. The van der Waals surface area contributed by atoms with Crippen molar-refractivity contribution >= 4 is 11.9 Å². The van der Waals surface area contributed by atoms with Gasteiger partial charge in [0.25, 0.3) is 0 Å². The lowest BCUT2D eigenvalue weighted by Crippen LogP contribution is -2.28. The molecule has 0 aliphatic carbocycles. The third-order valence-electron chi connectivity index (χ3n) is 10.9. The van der Waals surface area contributed by atoms with Gasteiger partial charge in [0, 0.05) is 12.8 Å². The predicted octanol–water partition coefficient (Wildman–Crippen LogP) is 15.1. The topological polar surface area (TPSA) is 72.8 Å². The van der Waals surface area contributed by atoms with Gasteiger partial charge >= 0.3 is 11.9 Å². The third kappa shape index (κ3) is 41.7. The zero-order valence-corrected chi connectivity index (χ0v) is 35.4. The highest BCUT2D eigenvalue weighted by molar-refractivity contribution is 5.70.